The maximum Gasteiger partial charge on any atom is 0.348 e. The number of rotatable bonds is 4. The van der Waals surface area contributed by atoms with Crippen LogP contribution < -0.4 is 5.32 Å². The van der Waals surface area contributed by atoms with Gasteiger partial charge in [0.25, 0.3) is 5.91 Å². The number of aryl methyl sites for hydroxylation is 2. The van der Waals surface area contributed by atoms with Gasteiger partial charge in [-0.05, 0) is 55.7 Å². The number of thiophene rings is 1. The molecule has 0 aliphatic heterocycles. The standard InChI is InChI=1S/C26H21N3O3S/c1-14-9-10-17(11-15(14)2)22-12-19(18-7-5-6-8-21(18)28-22)24(30)29-25-20(13-27)16(3)23(33-25)26(31)32-4/h5-12H,1-4H3,(H,29,30). The van der Waals surface area contributed by atoms with E-state index in [1.165, 1.54) is 12.7 Å². The summed E-state index contributed by atoms with van der Waals surface area (Å²) in [6, 6.07) is 17.3. The molecule has 2 heterocycles. The number of anilines is 1. The molecule has 0 aliphatic carbocycles. The van der Waals surface area contributed by atoms with E-state index in [1.807, 2.05) is 56.3 Å². The molecule has 0 spiro atoms. The number of carbonyl (C=O) groups excluding carboxylic acids is 2. The smallest absolute Gasteiger partial charge is 0.348 e. The highest BCUT2D eigenvalue weighted by Gasteiger charge is 2.23. The molecule has 1 amide bonds. The van der Waals surface area contributed by atoms with E-state index in [0.29, 0.717) is 37.6 Å². The van der Waals surface area contributed by atoms with E-state index in [4.69, 9.17) is 9.72 Å². The first-order valence-corrected chi connectivity index (χ1v) is 11.1. The quantitative estimate of drug-likeness (QED) is 0.393. The molecular weight excluding hydrogens is 434 g/mol. The Morgan fingerprint density at radius 2 is 1.82 bits per heavy atom. The van der Waals surface area contributed by atoms with Gasteiger partial charge in [-0.15, -0.1) is 11.3 Å². The lowest BCUT2D eigenvalue weighted by molar-refractivity contribution is 0.0605. The monoisotopic (exact) mass is 455 g/mol. The molecule has 0 saturated heterocycles. The van der Waals surface area contributed by atoms with Gasteiger partial charge in [0.05, 0.1) is 29.4 Å². The summed E-state index contributed by atoms with van der Waals surface area (Å²) in [7, 11) is 1.28. The lowest BCUT2D eigenvalue weighted by atomic mass is 10.0. The number of pyridine rings is 1. The van der Waals surface area contributed by atoms with Crippen LogP contribution in [0.4, 0.5) is 5.00 Å². The van der Waals surface area contributed by atoms with E-state index in [-0.39, 0.29) is 11.5 Å². The van der Waals surface area contributed by atoms with Gasteiger partial charge in [0.1, 0.15) is 15.9 Å². The third-order valence-electron chi connectivity index (χ3n) is 5.62. The Bertz CT molecular complexity index is 1460. The molecule has 2 aromatic carbocycles. The van der Waals surface area contributed by atoms with Crippen molar-refractivity contribution in [2.45, 2.75) is 20.8 Å². The Hall–Kier alpha value is -4.02. The predicted octanol–water partition coefficient (Wildman–Crippen LogP) is 5.80. The van der Waals surface area contributed by atoms with Gasteiger partial charge in [0.15, 0.2) is 0 Å². The van der Waals surface area contributed by atoms with Crippen molar-refractivity contribution >= 4 is 39.1 Å². The number of nitrogens with zero attached hydrogens (tertiary/aromatic N) is 2. The number of esters is 1. The molecule has 6 nitrogen and oxygen atoms in total. The van der Waals surface area contributed by atoms with Gasteiger partial charge in [0.2, 0.25) is 0 Å². The first-order valence-electron chi connectivity index (χ1n) is 10.2. The average molecular weight is 456 g/mol. The minimum atomic E-state index is -0.541. The Kier molecular flexibility index (Phi) is 5.95. The zero-order chi connectivity index (χ0) is 23.7. The summed E-state index contributed by atoms with van der Waals surface area (Å²) in [6.07, 6.45) is 0. The van der Waals surface area contributed by atoms with Crippen LogP contribution in [-0.4, -0.2) is 24.0 Å². The second-order valence-corrected chi connectivity index (χ2v) is 8.71. The number of nitrogens with one attached hydrogen (secondary N) is 1. The number of amides is 1. The van der Waals surface area contributed by atoms with Crippen molar-refractivity contribution in [3.05, 3.63) is 81.2 Å². The largest absolute Gasteiger partial charge is 0.465 e. The van der Waals surface area contributed by atoms with E-state index in [9.17, 15) is 14.9 Å². The zero-order valence-electron chi connectivity index (χ0n) is 18.6. The first kappa shape index (κ1) is 22.2. The van der Waals surface area contributed by atoms with E-state index >= 15 is 0 Å². The highest BCUT2D eigenvalue weighted by molar-refractivity contribution is 7.18. The summed E-state index contributed by atoms with van der Waals surface area (Å²) >= 11 is 1.03. The molecule has 33 heavy (non-hydrogen) atoms. The van der Waals surface area contributed by atoms with Gasteiger partial charge < -0.3 is 10.1 Å². The number of hydrogen-bond donors (Lipinski definition) is 1. The van der Waals surface area contributed by atoms with Gasteiger partial charge in [-0.3, -0.25) is 4.79 Å². The molecule has 7 heteroatoms. The molecule has 0 radical (unpaired) electrons. The topological polar surface area (TPSA) is 92.1 Å². The Balaban J connectivity index is 1.81. The summed E-state index contributed by atoms with van der Waals surface area (Å²) in [6.45, 7) is 5.75. The van der Waals surface area contributed by atoms with Crippen LogP contribution >= 0.6 is 11.3 Å². The lowest BCUT2D eigenvalue weighted by Gasteiger charge is -2.11. The summed E-state index contributed by atoms with van der Waals surface area (Å²) in [5.74, 6) is -0.922. The van der Waals surface area contributed by atoms with Crippen molar-refractivity contribution in [1.29, 1.82) is 5.26 Å². The van der Waals surface area contributed by atoms with Crippen molar-refractivity contribution in [3.8, 4) is 17.3 Å². The minimum Gasteiger partial charge on any atom is -0.465 e. The fraction of sp³-hybridized carbons (Fsp3) is 0.154. The lowest BCUT2D eigenvalue weighted by Crippen LogP contribution is -2.13. The van der Waals surface area contributed by atoms with Gasteiger partial charge in [0, 0.05) is 10.9 Å². The molecule has 0 atom stereocenters. The van der Waals surface area contributed by atoms with Gasteiger partial charge in [-0.2, -0.15) is 5.26 Å². The highest BCUT2D eigenvalue weighted by Crippen LogP contribution is 2.34. The van der Waals surface area contributed by atoms with Gasteiger partial charge in [-0.1, -0.05) is 30.3 Å². The number of ether oxygens (including phenoxy) is 1. The molecule has 164 valence electrons. The van der Waals surface area contributed by atoms with Crippen LogP contribution in [0.2, 0.25) is 0 Å². The molecule has 0 saturated carbocycles. The fourth-order valence-electron chi connectivity index (χ4n) is 3.61. The van der Waals surface area contributed by atoms with E-state index < -0.39 is 5.97 Å². The number of para-hydroxylation sites is 1. The molecule has 1 N–H and O–H groups in total. The zero-order valence-corrected chi connectivity index (χ0v) is 19.5. The summed E-state index contributed by atoms with van der Waals surface area (Å²) in [4.78, 5) is 30.5. The van der Waals surface area contributed by atoms with Crippen LogP contribution in [0, 0.1) is 32.1 Å². The second kappa shape index (κ2) is 8.85. The number of fused-ring (bicyclic) bond motifs is 1. The molecule has 0 fully saturated rings. The predicted molar refractivity (Wildman–Crippen MR) is 130 cm³/mol. The molecule has 0 unspecified atom stereocenters. The summed E-state index contributed by atoms with van der Waals surface area (Å²) < 4.78 is 4.80. The molecular formula is C26H21N3O3S. The molecule has 4 rings (SSSR count). The number of aromatic nitrogens is 1. The maximum atomic E-state index is 13.4. The van der Waals surface area contributed by atoms with Crippen LogP contribution in [0.1, 0.15) is 42.3 Å². The molecule has 4 aromatic rings. The Labute approximate surface area is 195 Å². The number of methoxy groups -OCH3 is 1. The van der Waals surface area contributed by atoms with Crippen LogP contribution in [0.25, 0.3) is 22.2 Å². The molecule has 0 bridgehead atoms. The van der Waals surface area contributed by atoms with Crippen molar-refractivity contribution in [3.63, 3.8) is 0 Å². The number of nitriles is 1. The van der Waals surface area contributed by atoms with Crippen LogP contribution in [0.5, 0.6) is 0 Å². The third-order valence-corrected chi connectivity index (χ3v) is 6.81. The Morgan fingerprint density at radius 3 is 2.52 bits per heavy atom. The average Bonchev–Trinajstić information content (AvgIpc) is 3.14. The molecule has 2 aromatic heterocycles. The summed E-state index contributed by atoms with van der Waals surface area (Å²) in [5.41, 5.74) is 5.77. The van der Waals surface area contributed by atoms with E-state index in [1.54, 1.807) is 13.0 Å². The first-order chi connectivity index (χ1) is 15.8. The van der Waals surface area contributed by atoms with Crippen molar-refractivity contribution in [2.75, 3.05) is 12.4 Å². The number of carbonyl (C=O) groups is 2. The van der Waals surface area contributed by atoms with Crippen molar-refractivity contribution in [2.24, 2.45) is 0 Å². The summed E-state index contributed by atoms with van der Waals surface area (Å²) in [5, 5.41) is 13.4. The van der Waals surface area contributed by atoms with E-state index in [2.05, 4.69) is 11.4 Å². The van der Waals surface area contributed by atoms with Gasteiger partial charge in [-0.25, -0.2) is 9.78 Å². The van der Waals surface area contributed by atoms with Crippen LogP contribution in [0.3, 0.4) is 0 Å². The van der Waals surface area contributed by atoms with E-state index in [0.717, 1.165) is 22.5 Å². The van der Waals surface area contributed by atoms with Crippen LogP contribution in [-0.2, 0) is 4.74 Å². The maximum absolute atomic E-state index is 13.4. The normalized spacial score (nSPS) is 10.6. The van der Waals surface area contributed by atoms with Crippen molar-refractivity contribution in [1.82, 2.24) is 4.98 Å². The van der Waals surface area contributed by atoms with Crippen LogP contribution in [0.15, 0.2) is 48.5 Å². The number of benzene rings is 2. The fourth-order valence-corrected chi connectivity index (χ4v) is 4.68. The second-order valence-electron chi connectivity index (χ2n) is 7.69. The molecule has 0 aliphatic rings. The number of hydrogen-bond acceptors (Lipinski definition) is 6. The van der Waals surface area contributed by atoms with Gasteiger partial charge >= 0.3 is 5.97 Å². The SMILES string of the molecule is COC(=O)c1sc(NC(=O)c2cc(-c3ccc(C)c(C)c3)nc3ccccc23)c(C#N)c1C. The highest BCUT2D eigenvalue weighted by atomic mass is 32.1. The third kappa shape index (κ3) is 4.09. The minimum absolute atomic E-state index is 0.251. The Morgan fingerprint density at radius 1 is 1.06 bits per heavy atom. The van der Waals surface area contributed by atoms with Crippen molar-refractivity contribution < 1.29 is 14.3 Å².